The molecule has 1 aromatic carbocycles. The Hall–Kier alpha value is -1.05. The average molecular weight is 266 g/mol. The van der Waals surface area contributed by atoms with Gasteiger partial charge in [-0.1, -0.05) is 51.1 Å². The van der Waals surface area contributed by atoms with E-state index >= 15 is 0 Å². The molecule has 0 heterocycles. The van der Waals surface area contributed by atoms with E-state index in [9.17, 15) is 4.79 Å². The van der Waals surface area contributed by atoms with Gasteiger partial charge in [-0.3, -0.25) is 4.79 Å². The quantitative estimate of drug-likeness (QED) is 0.467. The second-order valence-corrected chi connectivity index (χ2v) is 4.35. The van der Waals surface area contributed by atoms with Crippen LogP contribution in [0.15, 0.2) is 42.6 Å². The zero-order valence-electron chi connectivity index (χ0n) is 9.70. The van der Waals surface area contributed by atoms with E-state index in [1.165, 1.54) is 6.08 Å². The first-order valence-corrected chi connectivity index (χ1v) is 4.97. The van der Waals surface area contributed by atoms with Crippen LogP contribution in [0.2, 0.25) is 0 Å². The molecule has 1 rings (SSSR count). The van der Waals surface area contributed by atoms with Gasteiger partial charge in [0.25, 0.3) is 0 Å². The van der Waals surface area contributed by atoms with Crippen molar-refractivity contribution in [2.45, 2.75) is 26.3 Å². The molecule has 0 aromatic heterocycles. The van der Waals surface area contributed by atoms with Gasteiger partial charge in [-0.15, -0.1) is 5.54 Å². The molecule has 0 radical (unpaired) electrons. The standard InChI is InChI=1S/C13H17NO.Cu/c1-13(2,3)14-10-9-12(15)11-7-5-4-6-8-11;/h4-10H,1-3H3,(H,14,15);/q;+1/p-1. The summed E-state index contributed by atoms with van der Waals surface area (Å²) in [5.41, 5.74) is 0.561. The smallest absolute Gasteiger partial charge is 0.686 e. The van der Waals surface area contributed by atoms with Crippen molar-refractivity contribution in [3.8, 4) is 0 Å². The average Bonchev–Trinajstić information content (AvgIpc) is 2.17. The molecule has 90 valence electrons. The van der Waals surface area contributed by atoms with Gasteiger partial charge in [0.1, 0.15) is 0 Å². The Balaban J connectivity index is 0.00000225. The van der Waals surface area contributed by atoms with Crippen LogP contribution in [0.1, 0.15) is 31.1 Å². The normalized spacial score (nSPS) is 10.9. The van der Waals surface area contributed by atoms with Crippen molar-refractivity contribution >= 4 is 5.78 Å². The molecule has 0 N–H and O–H groups in total. The van der Waals surface area contributed by atoms with Gasteiger partial charge in [-0.25, -0.2) is 0 Å². The predicted octanol–water partition coefficient (Wildman–Crippen LogP) is 3.55. The zero-order valence-corrected chi connectivity index (χ0v) is 10.6. The number of benzene rings is 1. The summed E-state index contributed by atoms with van der Waals surface area (Å²) >= 11 is 0. The van der Waals surface area contributed by atoms with Gasteiger partial charge in [-0.05, 0) is 6.08 Å². The molecule has 0 amide bonds. The molecule has 0 aliphatic rings. The van der Waals surface area contributed by atoms with E-state index in [1.807, 2.05) is 39.0 Å². The largest absolute Gasteiger partial charge is 1.00 e. The van der Waals surface area contributed by atoms with Crippen molar-refractivity contribution in [1.82, 2.24) is 0 Å². The topological polar surface area (TPSA) is 31.2 Å². The Morgan fingerprint density at radius 1 is 1.19 bits per heavy atom. The molecule has 3 heteroatoms. The van der Waals surface area contributed by atoms with Gasteiger partial charge in [-0.2, -0.15) is 6.20 Å². The molecule has 1 aromatic rings. The molecular weight excluding hydrogens is 250 g/mol. The fraction of sp³-hybridized carbons (Fsp3) is 0.308. The van der Waals surface area contributed by atoms with Crippen molar-refractivity contribution in [2.75, 3.05) is 0 Å². The first-order valence-electron chi connectivity index (χ1n) is 4.97. The van der Waals surface area contributed by atoms with Gasteiger partial charge in [0.15, 0.2) is 5.78 Å². The summed E-state index contributed by atoms with van der Waals surface area (Å²) in [7, 11) is 0. The third-order valence-electron chi connectivity index (χ3n) is 1.75. The third-order valence-corrected chi connectivity index (χ3v) is 1.75. The fourth-order valence-corrected chi connectivity index (χ4v) is 1.03. The second-order valence-electron chi connectivity index (χ2n) is 4.35. The van der Waals surface area contributed by atoms with Gasteiger partial charge in [0.2, 0.25) is 0 Å². The number of ketones is 1. The zero-order chi connectivity index (χ0) is 11.3. The third kappa shape index (κ3) is 5.74. The SMILES string of the molecule is CC(C)(C)[N-]/C=C\C(=O)c1ccccc1.[Cu+]. The number of rotatable bonds is 3. The Labute approximate surface area is 108 Å². The predicted molar refractivity (Wildman–Crippen MR) is 63.0 cm³/mol. The summed E-state index contributed by atoms with van der Waals surface area (Å²) in [6, 6.07) is 9.18. The summed E-state index contributed by atoms with van der Waals surface area (Å²) in [6.07, 6.45) is 3.08. The van der Waals surface area contributed by atoms with Crippen LogP contribution >= 0.6 is 0 Å². The number of hydrogen-bond acceptors (Lipinski definition) is 1. The van der Waals surface area contributed by atoms with E-state index in [4.69, 9.17) is 0 Å². The van der Waals surface area contributed by atoms with E-state index in [0.29, 0.717) is 5.56 Å². The summed E-state index contributed by atoms with van der Waals surface area (Å²) in [5.74, 6) is -0.0106. The summed E-state index contributed by atoms with van der Waals surface area (Å²) in [4.78, 5) is 11.6. The second kappa shape index (κ2) is 6.51. The molecule has 0 aliphatic carbocycles. The molecule has 0 saturated carbocycles. The minimum atomic E-state index is -0.131. The van der Waals surface area contributed by atoms with Crippen molar-refractivity contribution in [3.05, 3.63) is 53.5 Å². The van der Waals surface area contributed by atoms with Crippen molar-refractivity contribution in [3.63, 3.8) is 0 Å². The number of nitrogens with zero attached hydrogens (tertiary/aromatic N) is 1. The van der Waals surface area contributed by atoms with E-state index in [1.54, 1.807) is 18.3 Å². The van der Waals surface area contributed by atoms with Crippen LogP contribution in [0.25, 0.3) is 5.32 Å². The number of carbonyl (C=O) groups excluding carboxylic acids is 1. The molecule has 0 saturated heterocycles. The van der Waals surface area contributed by atoms with Gasteiger partial charge < -0.3 is 5.32 Å². The summed E-state index contributed by atoms with van der Waals surface area (Å²) in [6.45, 7) is 5.97. The molecule has 0 atom stereocenters. The van der Waals surface area contributed by atoms with E-state index in [2.05, 4.69) is 5.32 Å². The molecule has 16 heavy (non-hydrogen) atoms. The van der Waals surface area contributed by atoms with Crippen LogP contribution in [-0.4, -0.2) is 11.3 Å². The van der Waals surface area contributed by atoms with E-state index < -0.39 is 0 Å². The van der Waals surface area contributed by atoms with Crippen molar-refractivity contribution < 1.29 is 21.9 Å². The molecular formula is C13H16CuNO. The molecule has 0 bridgehead atoms. The number of allylic oxidation sites excluding steroid dienone is 1. The molecule has 0 aliphatic heterocycles. The molecule has 2 nitrogen and oxygen atoms in total. The maximum Gasteiger partial charge on any atom is 1.00 e. The van der Waals surface area contributed by atoms with Crippen LogP contribution in [0.4, 0.5) is 0 Å². The Kier molecular flexibility index (Phi) is 6.09. The summed E-state index contributed by atoms with van der Waals surface area (Å²) < 4.78 is 0. The molecule has 0 spiro atoms. The van der Waals surface area contributed by atoms with E-state index in [0.717, 1.165) is 0 Å². The maximum absolute atomic E-state index is 11.6. The monoisotopic (exact) mass is 265 g/mol. The van der Waals surface area contributed by atoms with Crippen molar-refractivity contribution in [2.24, 2.45) is 0 Å². The first-order chi connectivity index (χ1) is 6.99. The van der Waals surface area contributed by atoms with Crippen LogP contribution < -0.4 is 0 Å². The van der Waals surface area contributed by atoms with Crippen LogP contribution in [0, 0.1) is 0 Å². The summed E-state index contributed by atoms with van der Waals surface area (Å²) in [5, 5.41) is 4.22. The number of carbonyl (C=O) groups is 1. The van der Waals surface area contributed by atoms with Gasteiger partial charge in [0.05, 0.1) is 0 Å². The number of hydrogen-bond donors (Lipinski definition) is 0. The Morgan fingerprint density at radius 3 is 2.25 bits per heavy atom. The minimum Gasteiger partial charge on any atom is -0.686 e. The van der Waals surface area contributed by atoms with Crippen molar-refractivity contribution in [1.29, 1.82) is 0 Å². The Morgan fingerprint density at radius 2 is 1.75 bits per heavy atom. The van der Waals surface area contributed by atoms with E-state index in [-0.39, 0.29) is 28.4 Å². The molecule has 0 fully saturated rings. The minimum absolute atomic E-state index is 0. The maximum atomic E-state index is 11.6. The van der Waals surface area contributed by atoms with Crippen LogP contribution in [-0.2, 0) is 17.1 Å². The first kappa shape index (κ1) is 14.9. The van der Waals surface area contributed by atoms with Crippen LogP contribution in [0.3, 0.4) is 0 Å². The Bertz CT molecular complexity index is 352. The van der Waals surface area contributed by atoms with Gasteiger partial charge >= 0.3 is 17.1 Å². The molecule has 0 unspecified atom stereocenters. The fourth-order valence-electron chi connectivity index (χ4n) is 1.03. The van der Waals surface area contributed by atoms with Gasteiger partial charge in [0, 0.05) is 5.56 Å². The van der Waals surface area contributed by atoms with Crippen LogP contribution in [0.5, 0.6) is 0 Å².